The number of nitrogens with two attached hydrogens (primary N) is 1. The molecule has 0 saturated carbocycles. The Bertz CT molecular complexity index is 558. The van der Waals surface area contributed by atoms with E-state index in [9.17, 15) is 0 Å². The van der Waals surface area contributed by atoms with E-state index in [2.05, 4.69) is 9.97 Å². The number of nitrogens with zero attached hydrogens (tertiary/aromatic N) is 2. The highest BCUT2D eigenvalue weighted by Crippen LogP contribution is 2.30. The number of anilines is 1. The third-order valence-electron chi connectivity index (χ3n) is 2.63. The van der Waals surface area contributed by atoms with Crippen molar-refractivity contribution in [3.05, 3.63) is 36.2 Å². The number of aromatic nitrogens is 2. The third-order valence-corrected chi connectivity index (χ3v) is 2.63. The van der Waals surface area contributed by atoms with Crippen molar-refractivity contribution in [1.29, 1.82) is 0 Å². The highest BCUT2D eigenvalue weighted by molar-refractivity contribution is 5.56. The quantitative estimate of drug-likeness (QED) is 0.835. The van der Waals surface area contributed by atoms with Gasteiger partial charge in [0, 0.05) is 6.61 Å². The number of rotatable bonds is 6. The Balaban J connectivity index is 2.15. The fraction of sp³-hybridized carbons (Fsp3) is 0.286. The van der Waals surface area contributed by atoms with Crippen molar-refractivity contribution in [3.8, 4) is 17.5 Å². The smallest absolute Gasteiger partial charge is 0.249 e. The highest BCUT2D eigenvalue weighted by Gasteiger charge is 2.11. The van der Waals surface area contributed by atoms with Crippen molar-refractivity contribution >= 4 is 5.69 Å². The van der Waals surface area contributed by atoms with E-state index in [1.165, 1.54) is 6.33 Å². The van der Waals surface area contributed by atoms with Gasteiger partial charge in [0.15, 0.2) is 5.69 Å². The largest absolute Gasteiger partial charge is 0.476 e. The van der Waals surface area contributed by atoms with E-state index in [0.29, 0.717) is 24.7 Å². The van der Waals surface area contributed by atoms with Gasteiger partial charge in [-0.15, -0.1) is 0 Å². The predicted molar refractivity (Wildman–Crippen MR) is 74.9 cm³/mol. The lowest BCUT2D eigenvalue weighted by Crippen LogP contribution is -2.03. The van der Waals surface area contributed by atoms with Gasteiger partial charge in [0.05, 0.1) is 6.61 Å². The van der Waals surface area contributed by atoms with Crippen molar-refractivity contribution in [2.75, 3.05) is 18.9 Å². The van der Waals surface area contributed by atoms with Crippen LogP contribution < -0.4 is 15.2 Å². The van der Waals surface area contributed by atoms with Crippen molar-refractivity contribution in [2.45, 2.75) is 13.3 Å². The number of aliphatic hydroxyl groups is 1. The molecule has 1 heterocycles. The predicted octanol–water partition coefficient (Wildman–Crippen LogP) is 1.78. The van der Waals surface area contributed by atoms with Gasteiger partial charge < -0.3 is 20.3 Å². The summed E-state index contributed by atoms with van der Waals surface area (Å²) in [5.41, 5.74) is 7.19. The second-order valence-corrected chi connectivity index (χ2v) is 4.05. The summed E-state index contributed by atoms with van der Waals surface area (Å²) in [5.74, 6) is 1.19. The van der Waals surface area contributed by atoms with Gasteiger partial charge in [0.2, 0.25) is 11.8 Å². The Labute approximate surface area is 117 Å². The summed E-state index contributed by atoms with van der Waals surface area (Å²) < 4.78 is 10.9. The molecule has 6 nitrogen and oxygen atoms in total. The molecule has 0 unspecified atom stereocenters. The molecular weight excluding hydrogens is 258 g/mol. The molecule has 6 heteroatoms. The first-order valence-corrected chi connectivity index (χ1v) is 6.35. The van der Waals surface area contributed by atoms with Crippen LogP contribution in [0.2, 0.25) is 0 Å². The molecular formula is C14H17N3O3. The van der Waals surface area contributed by atoms with Crippen LogP contribution in [-0.4, -0.2) is 28.3 Å². The Morgan fingerprint density at radius 2 is 1.85 bits per heavy atom. The second kappa shape index (κ2) is 6.72. The number of ether oxygens (including phenoxy) is 2. The van der Waals surface area contributed by atoms with Crippen LogP contribution >= 0.6 is 0 Å². The first kappa shape index (κ1) is 14.1. The van der Waals surface area contributed by atoms with Gasteiger partial charge in [-0.3, -0.25) is 0 Å². The van der Waals surface area contributed by atoms with E-state index in [0.717, 1.165) is 5.56 Å². The zero-order chi connectivity index (χ0) is 14.4. The molecule has 3 N–H and O–H groups in total. The van der Waals surface area contributed by atoms with E-state index < -0.39 is 0 Å². The molecule has 0 bridgehead atoms. The summed E-state index contributed by atoms with van der Waals surface area (Å²) in [4.78, 5) is 7.94. The van der Waals surface area contributed by atoms with E-state index in [1.807, 2.05) is 19.1 Å². The molecule has 0 saturated heterocycles. The summed E-state index contributed by atoms with van der Waals surface area (Å²) in [7, 11) is 0. The monoisotopic (exact) mass is 275 g/mol. The Kier molecular flexibility index (Phi) is 4.73. The van der Waals surface area contributed by atoms with Crippen LogP contribution in [0.4, 0.5) is 5.69 Å². The minimum atomic E-state index is 0.122. The van der Waals surface area contributed by atoms with Gasteiger partial charge in [-0.25, -0.2) is 0 Å². The molecule has 2 rings (SSSR count). The zero-order valence-electron chi connectivity index (χ0n) is 11.2. The average Bonchev–Trinajstić information content (AvgIpc) is 2.46. The maximum absolute atomic E-state index is 8.86. The third kappa shape index (κ3) is 3.36. The normalized spacial score (nSPS) is 10.3. The molecule has 0 fully saturated rings. The molecule has 0 aliphatic rings. The van der Waals surface area contributed by atoms with Crippen LogP contribution in [0.1, 0.15) is 12.5 Å². The summed E-state index contributed by atoms with van der Waals surface area (Å²) in [6, 6.07) is 7.36. The molecule has 1 aromatic heterocycles. The summed E-state index contributed by atoms with van der Waals surface area (Å²) >= 11 is 0. The number of benzene rings is 1. The average molecular weight is 275 g/mol. The second-order valence-electron chi connectivity index (χ2n) is 4.05. The summed E-state index contributed by atoms with van der Waals surface area (Å²) in [5, 5.41) is 8.86. The van der Waals surface area contributed by atoms with Crippen LogP contribution in [0.3, 0.4) is 0 Å². The van der Waals surface area contributed by atoms with E-state index in [4.69, 9.17) is 20.3 Å². The topological polar surface area (TPSA) is 90.5 Å². The fourth-order valence-electron chi connectivity index (χ4n) is 1.66. The minimum absolute atomic E-state index is 0.122. The van der Waals surface area contributed by atoms with E-state index in [-0.39, 0.29) is 18.2 Å². The zero-order valence-corrected chi connectivity index (χ0v) is 11.2. The Hall–Kier alpha value is -2.34. The molecule has 2 aromatic rings. The van der Waals surface area contributed by atoms with Gasteiger partial charge in [-0.1, -0.05) is 12.1 Å². The van der Waals surface area contributed by atoms with Gasteiger partial charge in [-0.2, -0.15) is 9.97 Å². The maximum atomic E-state index is 8.86. The SMILES string of the molecule is CCOc1ncnc(Oc2ccc(CCO)cc2)c1N. The van der Waals surface area contributed by atoms with Crippen LogP contribution in [0.25, 0.3) is 0 Å². The van der Waals surface area contributed by atoms with Gasteiger partial charge in [-0.05, 0) is 31.0 Å². The lowest BCUT2D eigenvalue weighted by Gasteiger charge is -2.10. The van der Waals surface area contributed by atoms with Crippen LogP contribution in [-0.2, 0) is 6.42 Å². The van der Waals surface area contributed by atoms with Crippen LogP contribution in [0.15, 0.2) is 30.6 Å². The lowest BCUT2D eigenvalue weighted by molar-refractivity contribution is 0.299. The summed E-state index contributed by atoms with van der Waals surface area (Å²) in [6.45, 7) is 2.44. The number of hydrogen-bond donors (Lipinski definition) is 2. The van der Waals surface area contributed by atoms with Crippen LogP contribution in [0, 0.1) is 0 Å². The molecule has 0 atom stereocenters. The van der Waals surface area contributed by atoms with Crippen molar-refractivity contribution in [2.24, 2.45) is 0 Å². The minimum Gasteiger partial charge on any atom is -0.476 e. The van der Waals surface area contributed by atoms with E-state index >= 15 is 0 Å². The van der Waals surface area contributed by atoms with Crippen molar-refractivity contribution in [1.82, 2.24) is 9.97 Å². The molecule has 0 radical (unpaired) electrons. The molecule has 0 amide bonds. The van der Waals surface area contributed by atoms with E-state index in [1.54, 1.807) is 12.1 Å². The number of nitrogen functional groups attached to an aromatic ring is 1. The number of aliphatic hydroxyl groups excluding tert-OH is 1. The van der Waals surface area contributed by atoms with Crippen LogP contribution in [0.5, 0.6) is 17.5 Å². The molecule has 0 aliphatic heterocycles. The molecule has 0 spiro atoms. The molecule has 20 heavy (non-hydrogen) atoms. The fourth-order valence-corrected chi connectivity index (χ4v) is 1.66. The summed E-state index contributed by atoms with van der Waals surface area (Å²) in [6.07, 6.45) is 1.96. The maximum Gasteiger partial charge on any atom is 0.249 e. The molecule has 106 valence electrons. The molecule has 0 aliphatic carbocycles. The van der Waals surface area contributed by atoms with Gasteiger partial charge in [0.25, 0.3) is 0 Å². The first-order valence-electron chi connectivity index (χ1n) is 6.35. The number of hydrogen-bond acceptors (Lipinski definition) is 6. The van der Waals surface area contributed by atoms with Gasteiger partial charge >= 0.3 is 0 Å². The van der Waals surface area contributed by atoms with Crippen molar-refractivity contribution in [3.63, 3.8) is 0 Å². The first-order chi connectivity index (χ1) is 9.74. The standard InChI is InChI=1S/C14H17N3O3/c1-2-19-13-12(15)14(17-9-16-13)20-11-5-3-10(4-6-11)7-8-18/h3-6,9,18H,2,7-8,15H2,1H3. The Morgan fingerprint density at radius 3 is 2.50 bits per heavy atom. The highest BCUT2D eigenvalue weighted by atomic mass is 16.5. The lowest BCUT2D eigenvalue weighted by atomic mass is 10.1. The Morgan fingerprint density at radius 1 is 1.15 bits per heavy atom. The van der Waals surface area contributed by atoms with Gasteiger partial charge in [0.1, 0.15) is 12.1 Å². The van der Waals surface area contributed by atoms with Crippen molar-refractivity contribution < 1.29 is 14.6 Å². The molecule has 1 aromatic carbocycles.